The fourth-order valence-corrected chi connectivity index (χ4v) is 3.79. The maximum Gasteiger partial charge on any atom is 0.253 e. The number of nitrogens with one attached hydrogen (secondary N) is 1. The van der Waals surface area contributed by atoms with E-state index in [2.05, 4.69) is 20.9 Å². The van der Waals surface area contributed by atoms with Gasteiger partial charge in [-0.3, -0.25) is 9.78 Å². The molecule has 1 atom stereocenters. The Kier molecular flexibility index (Phi) is 7.19. The average Bonchev–Trinajstić information content (AvgIpc) is 3.23. The van der Waals surface area contributed by atoms with Gasteiger partial charge in [0, 0.05) is 18.9 Å². The second-order valence-corrected chi connectivity index (χ2v) is 7.75. The van der Waals surface area contributed by atoms with Gasteiger partial charge in [0.2, 0.25) is 0 Å². The first kappa shape index (κ1) is 22.3. The van der Waals surface area contributed by atoms with E-state index in [-0.39, 0.29) is 11.9 Å². The SMILES string of the molecule is COc1ccccc1OCCCCn1c(C(C)NC(=O)c2cccnc2)nc2ccccc21. The molecule has 170 valence electrons. The number of amides is 1. The van der Waals surface area contributed by atoms with Crippen LogP contribution < -0.4 is 14.8 Å². The van der Waals surface area contributed by atoms with Crippen molar-refractivity contribution in [3.63, 3.8) is 0 Å². The summed E-state index contributed by atoms with van der Waals surface area (Å²) in [5, 5.41) is 3.05. The van der Waals surface area contributed by atoms with E-state index in [0.29, 0.717) is 12.2 Å². The number of hydrogen-bond acceptors (Lipinski definition) is 5. The summed E-state index contributed by atoms with van der Waals surface area (Å²) in [5.41, 5.74) is 2.50. The van der Waals surface area contributed by atoms with Crippen molar-refractivity contribution in [2.75, 3.05) is 13.7 Å². The summed E-state index contributed by atoms with van der Waals surface area (Å²) in [6.45, 7) is 3.32. The molecule has 7 heteroatoms. The third-order valence-corrected chi connectivity index (χ3v) is 5.45. The molecule has 2 aromatic carbocycles. The highest BCUT2D eigenvalue weighted by Gasteiger charge is 2.19. The number of para-hydroxylation sites is 4. The van der Waals surface area contributed by atoms with Gasteiger partial charge in [0.25, 0.3) is 5.91 Å². The van der Waals surface area contributed by atoms with E-state index in [9.17, 15) is 4.79 Å². The van der Waals surface area contributed by atoms with Gasteiger partial charge < -0.3 is 19.4 Å². The van der Waals surface area contributed by atoms with E-state index in [0.717, 1.165) is 47.7 Å². The van der Waals surface area contributed by atoms with Gasteiger partial charge >= 0.3 is 0 Å². The molecule has 4 aromatic rings. The molecule has 2 aromatic heterocycles. The number of benzene rings is 2. The Hall–Kier alpha value is -3.87. The molecule has 7 nitrogen and oxygen atoms in total. The van der Waals surface area contributed by atoms with E-state index >= 15 is 0 Å². The Morgan fingerprint density at radius 2 is 1.82 bits per heavy atom. The standard InChI is InChI=1S/C26H28N4O3/c1-19(28-26(31)20-10-9-15-27-18-20)25-29-21-11-3-4-12-22(21)30(25)16-7-8-17-33-24-14-6-5-13-23(24)32-2/h3-6,9-15,18-19H,7-8,16-17H2,1-2H3,(H,28,31). The highest BCUT2D eigenvalue weighted by molar-refractivity contribution is 5.94. The van der Waals surface area contributed by atoms with Crippen LogP contribution in [0.5, 0.6) is 11.5 Å². The van der Waals surface area contributed by atoms with Crippen molar-refractivity contribution in [2.45, 2.75) is 32.4 Å². The molecular weight excluding hydrogens is 416 g/mol. The molecule has 0 saturated carbocycles. The summed E-state index contributed by atoms with van der Waals surface area (Å²) in [6.07, 6.45) is 5.00. The van der Waals surface area contributed by atoms with Gasteiger partial charge in [-0.2, -0.15) is 0 Å². The summed E-state index contributed by atoms with van der Waals surface area (Å²) in [6, 6.07) is 18.9. The number of carbonyl (C=O) groups excluding carboxylic acids is 1. The molecule has 0 fully saturated rings. The van der Waals surface area contributed by atoms with Crippen LogP contribution in [0, 0.1) is 0 Å². The molecule has 33 heavy (non-hydrogen) atoms. The Bertz CT molecular complexity index is 1210. The number of methoxy groups -OCH3 is 1. The summed E-state index contributed by atoms with van der Waals surface area (Å²) in [4.78, 5) is 21.5. The Balaban J connectivity index is 1.42. The molecule has 0 aliphatic rings. The topological polar surface area (TPSA) is 78.3 Å². The van der Waals surface area contributed by atoms with Crippen LogP contribution in [0.25, 0.3) is 11.0 Å². The molecule has 1 N–H and O–H groups in total. The van der Waals surface area contributed by atoms with Crippen molar-refractivity contribution < 1.29 is 14.3 Å². The zero-order chi connectivity index (χ0) is 23.0. The molecule has 0 radical (unpaired) electrons. The number of unbranched alkanes of at least 4 members (excludes halogenated alkanes) is 1. The van der Waals surface area contributed by atoms with Crippen molar-refractivity contribution in [1.82, 2.24) is 19.9 Å². The monoisotopic (exact) mass is 444 g/mol. The number of carbonyl (C=O) groups is 1. The quantitative estimate of drug-likeness (QED) is 0.356. The number of fused-ring (bicyclic) bond motifs is 1. The minimum Gasteiger partial charge on any atom is -0.493 e. The van der Waals surface area contributed by atoms with Gasteiger partial charge in [0.15, 0.2) is 11.5 Å². The summed E-state index contributed by atoms with van der Waals surface area (Å²) in [5.74, 6) is 2.15. The average molecular weight is 445 g/mol. The fraction of sp³-hybridized carbons (Fsp3) is 0.269. The molecule has 0 spiro atoms. The van der Waals surface area contributed by atoms with Crippen molar-refractivity contribution in [3.8, 4) is 11.5 Å². The van der Waals surface area contributed by atoms with Crippen LogP contribution in [0.4, 0.5) is 0 Å². The first-order valence-corrected chi connectivity index (χ1v) is 11.1. The van der Waals surface area contributed by atoms with Gasteiger partial charge in [-0.1, -0.05) is 24.3 Å². The lowest BCUT2D eigenvalue weighted by atomic mass is 10.2. The maximum atomic E-state index is 12.6. The Morgan fingerprint density at radius 1 is 1.03 bits per heavy atom. The van der Waals surface area contributed by atoms with E-state index < -0.39 is 0 Å². The van der Waals surface area contributed by atoms with Gasteiger partial charge in [-0.15, -0.1) is 0 Å². The number of nitrogens with zero attached hydrogens (tertiary/aromatic N) is 3. The molecule has 4 rings (SSSR count). The first-order valence-electron chi connectivity index (χ1n) is 11.1. The van der Waals surface area contributed by atoms with E-state index in [1.807, 2.05) is 49.4 Å². The van der Waals surface area contributed by atoms with Crippen LogP contribution >= 0.6 is 0 Å². The minimum atomic E-state index is -0.255. The molecule has 0 saturated heterocycles. The second kappa shape index (κ2) is 10.6. The number of hydrogen-bond donors (Lipinski definition) is 1. The number of ether oxygens (including phenoxy) is 2. The minimum absolute atomic E-state index is 0.167. The van der Waals surface area contributed by atoms with Crippen LogP contribution in [0.3, 0.4) is 0 Å². The number of imidazole rings is 1. The first-order chi connectivity index (χ1) is 16.2. The predicted octanol–water partition coefficient (Wildman–Crippen LogP) is 4.79. The van der Waals surface area contributed by atoms with Crippen molar-refractivity contribution >= 4 is 16.9 Å². The number of aryl methyl sites for hydroxylation is 1. The number of aromatic nitrogens is 3. The normalized spacial score (nSPS) is 11.8. The van der Waals surface area contributed by atoms with E-state index in [1.165, 1.54) is 0 Å². The molecule has 0 bridgehead atoms. The molecule has 1 amide bonds. The lowest BCUT2D eigenvalue weighted by molar-refractivity contribution is 0.0937. The predicted molar refractivity (Wildman–Crippen MR) is 128 cm³/mol. The van der Waals surface area contributed by atoms with Crippen LogP contribution in [-0.4, -0.2) is 34.2 Å². The van der Waals surface area contributed by atoms with Gasteiger partial charge in [0.05, 0.1) is 36.4 Å². The fourth-order valence-electron chi connectivity index (χ4n) is 3.79. The summed E-state index contributed by atoms with van der Waals surface area (Å²) < 4.78 is 13.4. The van der Waals surface area contributed by atoms with Crippen molar-refractivity contribution in [2.24, 2.45) is 0 Å². The highest BCUT2D eigenvalue weighted by atomic mass is 16.5. The number of pyridine rings is 1. The Morgan fingerprint density at radius 3 is 2.61 bits per heavy atom. The summed E-state index contributed by atoms with van der Waals surface area (Å²) in [7, 11) is 1.64. The molecule has 0 aliphatic carbocycles. The maximum absolute atomic E-state index is 12.6. The summed E-state index contributed by atoms with van der Waals surface area (Å²) >= 11 is 0. The zero-order valence-corrected chi connectivity index (χ0v) is 18.9. The lowest BCUT2D eigenvalue weighted by Crippen LogP contribution is -2.28. The van der Waals surface area contributed by atoms with Crippen LogP contribution in [0.1, 0.15) is 42.0 Å². The van der Waals surface area contributed by atoms with Crippen LogP contribution in [0.15, 0.2) is 73.1 Å². The molecule has 2 heterocycles. The second-order valence-electron chi connectivity index (χ2n) is 7.75. The van der Waals surface area contributed by atoms with Crippen molar-refractivity contribution in [1.29, 1.82) is 0 Å². The van der Waals surface area contributed by atoms with Gasteiger partial charge in [-0.05, 0) is 56.2 Å². The van der Waals surface area contributed by atoms with E-state index in [4.69, 9.17) is 14.5 Å². The largest absolute Gasteiger partial charge is 0.493 e. The number of rotatable bonds is 10. The third kappa shape index (κ3) is 5.31. The van der Waals surface area contributed by atoms with E-state index in [1.54, 1.807) is 31.6 Å². The zero-order valence-electron chi connectivity index (χ0n) is 18.9. The van der Waals surface area contributed by atoms with Gasteiger partial charge in [0.1, 0.15) is 5.82 Å². The Labute approximate surface area is 193 Å². The third-order valence-electron chi connectivity index (χ3n) is 5.45. The lowest BCUT2D eigenvalue weighted by Gasteiger charge is -2.16. The van der Waals surface area contributed by atoms with Crippen LogP contribution in [0.2, 0.25) is 0 Å². The smallest absolute Gasteiger partial charge is 0.253 e. The van der Waals surface area contributed by atoms with Crippen molar-refractivity contribution in [3.05, 3.63) is 84.4 Å². The highest BCUT2D eigenvalue weighted by Crippen LogP contribution is 2.26. The molecular formula is C26H28N4O3. The van der Waals surface area contributed by atoms with Crippen LogP contribution in [-0.2, 0) is 6.54 Å². The van der Waals surface area contributed by atoms with Gasteiger partial charge in [-0.25, -0.2) is 4.98 Å². The molecule has 1 unspecified atom stereocenters. The molecule has 0 aliphatic heterocycles.